The van der Waals surface area contributed by atoms with Gasteiger partial charge < -0.3 is 4.74 Å². The van der Waals surface area contributed by atoms with Crippen LogP contribution in [0.2, 0.25) is 0 Å². The zero-order chi connectivity index (χ0) is 17.3. The number of anilines is 1. The van der Waals surface area contributed by atoms with Crippen LogP contribution < -0.4 is 15.0 Å². The highest BCUT2D eigenvalue weighted by Crippen LogP contribution is 2.26. The molecule has 2 heterocycles. The predicted octanol–water partition coefficient (Wildman–Crippen LogP) is 2.73. The molecule has 0 spiro atoms. The fourth-order valence-corrected chi connectivity index (χ4v) is 3.15. The first-order valence-electron chi connectivity index (χ1n) is 7.11. The standard InChI is InChI=1S/C17H14N2O4S/c1-10-7-8-24-14(10)9-13-15(20)18-17(22)19(16(13)21)11-3-5-12(23-2)6-4-11/h3-9H,1-2H3,(H,18,20,22). The summed E-state index contributed by atoms with van der Waals surface area (Å²) in [6.07, 6.45) is 1.51. The molecule has 4 amide bonds. The lowest BCUT2D eigenvalue weighted by atomic mass is 10.1. The number of carbonyl (C=O) groups excluding carboxylic acids is 3. The summed E-state index contributed by atoms with van der Waals surface area (Å²) >= 11 is 1.42. The summed E-state index contributed by atoms with van der Waals surface area (Å²) in [4.78, 5) is 38.6. The molecule has 0 atom stereocenters. The van der Waals surface area contributed by atoms with Crippen molar-refractivity contribution in [3.05, 3.63) is 51.7 Å². The van der Waals surface area contributed by atoms with E-state index < -0.39 is 17.8 Å². The molecule has 1 N–H and O–H groups in total. The minimum atomic E-state index is -0.768. The van der Waals surface area contributed by atoms with Crippen molar-refractivity contribution < 1.29 is 19.1 Å². The van der Waals surface area contributed by atoms with Gasteiger partial charge in [0.15, 0.2) is 0 Å². The highest BCUT2D eigenvalue weighted by Gasteiger charge is 2.36. The number of rotatable bonds is 3. The van der Waals surface area contributed by atoms with Gasteiger partial charge in [-0.05, 0) is 54.3 Å². The molecular weight excluding hydrogens is 328 g/mol. The summed E-state index contributed by atoms with van der Waals surface area (Å²) < 4.78 is 5.06. The van der Waals surface area contributed by atoms with Crippen molar-refractivity contribution in [1.82, 2.24) is 5.32 Å². The number of benzene rings is 1. The van der Waals surface area contributed by atoms with E-state index in [4.69, 9.17) is 4.74 Å². The van der Waals surface area contributed by atoms with Crippen LogP contribution in [0, 0.1) is 6.92 Å². The van der Waals surface area contributed by atoms with E-state index in [1.807, 2.05) is 18.4 Å². The Bertz CT molecular complexity index is 852. The highest BCUT2D eigenvalue weighted by atomic mass is 32.1. The predicted molar refractivity (Wildman–Crippen MR) is 91.1 cm³/mol. The Morgan fingerprint density at radius 2 is 1.83 bits per heavy atom. The van der Waals surface area contributed by atoms with Crippen LogP contribution in [0.25, 0.3) is 6.08 Å². The summed E-state index contributed by atoms with van der Waals surface area (Å²) in [7, 11) is 1.52. The lowest BCUT2D eigenvalue weighted by Crippen LogP contribution is -2.54. The summed E-state index contributed by atoms with van der Waals surface area (Å²) in [6.45, 7) is 1.89. The number of nitrogens with zero attached hydrogens (tertiary/aromatic N) is 1. The zero-order valence-corrected chi connectivity index (χ0v) is 13.8. The van der Waals surface area contributed by atoms with E-state index >= 15 is 0 Å². The number of thiophene rings is 1. The van der Waals surface area contributed by atoms with Gasteiger partial charge in [-0.3, -0.25) is 14.9 Å². The van der Waals surface area contributed by atoms with Crippen molar-refractivity contribution in [2.75, 3.05) is 12.0 Å². The molecule has 1 saturated heterocycles. The van der Waals surface area contributed by atoms with Crippen molar-refractivity contribution in [3.63, 3.8) is 0 Å². The summed E-state index contributed by atoms with van der Waals surface area (Å²) in [5.41, 5.74) is 1.25. The van der Waals surface area contributed by atoms with Crippen LogP contribution in [0.4, 0.5) is 10.5 Å². The molecule has 0 aliphatic carbocycles. The van der Waals surface area contributed by atoms with E-state index in [-0.39, 0.29) is 5.57 Å². The van der Waals surface area contributed by atoms with E-state index in [1.54, 1.807) is 24.3 Å². The Kier molecular flexibility index (Phi) is 4.18. The molecule has 1 aliphatic rings. The molecular formula is C17H14N2O4S. The zero-order valence-electron chi connectivity index (χ0n) is 13.0. The first kappa shape index (κ1) is 15.9. The molecule has 0 unspecified atom stereocenters. The normalized spacial score (nSPS) is 16.5. The Labute approximate surface area is 142 Å². The average molecular weight is 342 g/mol. The minimum absolute atomic E-state index is 0.0732. The second-order valence-corrected chi connectivity index (χ2v) is 6.07. The number of carbonyl (C=O) groups is 3. The van der Waals surface area contributed by atoms with Crippen molar-refractivity contribution in [2.45, 2.75) is 6.92 Å². The molecule has 1 aromatic heterocycles. The molecule has 3 rings (SSSR count). The second-order valence-electron chi connectivity index (χ2n) is 5.12. The number of hydrogen-bond donors (Lipinski definition) is 1. The molecule has 24 heavy (non-hydrogen) atoms. The van der Waals surface area contributed by atoms with E-state index in [9.17, 15) is 14.4 Å². The summed E-state index contributed by atoms with van der Waals surface area (Å²) in [5.74, 6) is -0.742. The smallest absolute Gasteiger partial charge is 0.335 e. The molecule has 1 aromatic carbocycles. The molecule has 2 aromatic rings. The Morgan fingerprint density at radius 3 is 2.42 bits per heavy atom. The Balaban J connectivity index is 1.99. The lowest BCUT2D eigenvalue weighted by Gasteiger charge is -2.26. The Hall–Kier alpha value is -2.93. The molecule has 6 nitrogen and oxygen atoms in total. The van der Waals surface area contributed by atoms with Gasteiger partial charge in [-0.2, -0.15) is 0 Å². The number of barbiturate groups is 1. The second kappa shape index (κ2) is 6.29. The average Bonchev–Trinajstić information content (AvgIpc) is 2.97. The van der Waals surface area contributed by atoms with E-state index in [1.165, 1.54) is 24.5 Å². The lowest BCUT2D eigenvalue weighted by molar-refractivity contribution is -0.122. The number of hydrogen-bond acceptors (Lipinski definition) is 5. The molecule has 0 saturated carbocycles. The van der Waals surface area contributed by atoms with Gasteiger partial charge in [0.05, 0.1) is 12.8 Å². The first-order chi connectivity index (χ1) is 11.5. The fourth-order valence-electron chi connectivity index (χ4n) is 2.29. The minimum Gasteiger partial charge on any atom is -0.497 e. The van der Waals surface area contributed by atoms with Crippen molar-refractivity contribution in [3.8, 4) is 5.75 Å². The van der Waals surface area contributed by atoms with Crippen LogP contribution in [-0.4, -0.2) is 25.0 Å². The summed E-state index contributed by atoms with van der Waals surface area (Å²) in [5, 5.41) is 4.08. The maximum atomic E-state index is 12.7. The molecule has 122 valence electrons. The van der Waals surface area contributed by atoms with E-state index in [0.717, 1.165) is 15.3 Å². The number of amides is 4. The molecule has 1 aliphatic heterocycles. The van der Waals surface area contributed by atoms with Gasteiger partial charge in [-0.15, -0.1) is 11.3 Å². The molecule has 0 bridgehead atoms. The van der Waals surface area contributed by atoms with Crippen molar-refractivity contribution >= 4 is 40.9 Å². The maximum Gasteiger partial charge on any atom is 0.335 e. The SMILES string of the molecule is COc1ccc(N2C(=O)NC(=O)C(=Cc3sccc3C)C2=O)cc1. The third-order valence-electron chi connectivity index (χ3n) is 3.61. The van der Waals surface area contributed by atoms with Crippen LogP contribution in [-0.2, 0) is 9.59 Å². The number of methoxy groups -OCH3 is 1. The third-order valence-corrected chi connectivity index (χ3v) is 4.58. The van der Waals surface area contributed by atoms with E-state index in [0.29, 0.717) is 11.4 Å². The topological polar surface area (TPSA) is 75.7 Å². The molecule has 0 radical (unpaired) electrons. The van der Waals surface area contributed by atoms with Crippen LogP contribution in [0.1, 0.15) is 10.4 Å². The first-order valence-corrected chi connectivity index (χ1v) is 7.99. The number of urea groups is 1. The molecule has 7 heteroatoms. The van der Waals surface area contributed by atoms with Gasteiger partial charge in [0, 0.05) is 4.88 Å². The van der Waals surface area contributed by atoms with Gasteiger partial charge in [-0.25, -0.2) is 9.69 Å². The van der Waals surface area contributed by atoms with Crippen LogP contribution in [0.5, 0.6) is 5.75 Å². The van der Waals surface area contributed by atoms with Gasteiger partial charge in [-0.1, -0.05) is 0 Å². The van der Waals surface area contributed by atoms with Gasteiger partial charge in [0.25, 0.3) is 11.8 Å². The number of ether oxygens (including phenoxy) is 1. The summed E-state index contributed by atoms with van der Waals surface area (Å²) in [6, 6.07) is 7.57. The largest absolute Gasteiger partial charge is 0.497 e. The number of aryl methyl sites for hydroxylation is 1. The van der Waals surface area contributed by atoms with Gasteiger partial charge in [0.2, 0.25) is 0 Å². The quantitative estimate of drug-likeness (QED) is 0.687. The van der Waals surface area contributed by atoms with Crippen molar-refractivity contribution in [1.29, 1.82) is 0 Å². The maximum absolute atomic E-state index is 12.7. The van der Waals surface area contributed by atoms with Crippen LogP contribution in [0.3, 0.4) is 0 Å². The highest BCUT2D eigenvalue weighted by molar-refractivity contribution is 7.11. The van der Waals surface area contributed by atoms with Gasteiger partial charge in [0.1, 0.15) is 11.3 Å². The monoisotopic (exact) mass is 342 g/mol. The van der Waals surface area contributed by atoms with Gasteiger partial charge >= 0.3 is 6.03 Å². The van der Waals surface area contributed by atoms with E-state index in [2.05, 4.69) is 5.32 Å². The molecule has 1 fully saturated rings. The van der Waals surface area contributed by atoms with Crippen LogP contribution >= 0.6 is 11.3 Å². The Morgan fingerprint density at radius 1 is 1.12 bits per heavy atom. The number of nitrogens with one attached hydrogen (secondary N) is 1. The van der Waals surface area contributed by atoms with Crippen molar-refractivity contribution in [2.24, 2.45) is 0 Å². The number of imide groups is 2. The van der Waals surface area contributed by atoms with Crippen LogP contribution in [0.15, 0.2) is 41.3 Å². The third kappa shape index (κ3) is 2.81. The fraction of sp³-hybridized carbons (Fsp3) is 0.118.